The predicted molar refractivity (Wildman–Crippen MR) is 195 cm³/mol. The summed E-state index contributed by atoms with van der Waals surface area (Å²) < 4.78 is 98.6. The molecule has 7 rings (SSSR count). The minimum atomic E-state index is -4.84. The van der Waals surface area contributed by atoms with Crippen LogP contribution in [0.25, 0.3) is 42.3 Å². The van der Waals surface area contributed by atoms with E-state index < -0.39 is 68.9 Å². The summed E-state index contributed by atoms with van der Waals surface area (Å²) in [5, 5.41) is 40.2. The molecule has 0 atom stereocenters. The maximum Gasteiger partial charge on any atom is 0.426 e. The van der Waals surface area contributed by atoms with Crippen LogP contribution < -0.4 is 12.5 Å². The molecule has 0 bridgehead atoms. The Bertz CT molecular complexity index is 2980. The first-order valence-electron chi connectivity index (χ1n) is 15.4. The third kappa shape index (κ3) is 6.37. The lowest BCUT2D eigenvalue weighted by atomic mass is 10.1. The minimum absolute atomic E-state index is 0.00994. The first kappa shape index (κ1) is 35.4. The number of benzene rings is 7. The van der Waals surface area contributed by atoms with Gasteiger partial charge in [-0.25, -0.2) is 0 Å². The van der Waals surface area contributed by atoms with E-state index in [9.17, 15) is 46.3 Å². The van der Waals surface area contributed by atoms with Gasteiger partial charge in [0.15, 0.2) is 9.95 Å². The van der Waals surface area contributed by atoms with E-state index in [1.165, 1.54) is 48.5 Å². The number of aromatic hydroxyl groups is 2. The van der Waals surface area contributed by atoms with Crippen molar-refractivity contribution in [2.24, 2.45) is 0 Å². The van der Waals surface area contributed by atoms with Gasteiger partial charge in [0.2, 0.25) is 22.3 Å². The van der Waals surface area contributed by atoms with Crippen LogP contribution in [0.15, 0.2) is 136 Å². The molecule has 0 aliphatic rings. The molecule has 54 heavy (non-hydrogen) atoms. The van der Waals surface area contributed by atoms with E-state index >= 15 is 0 Å². The quantitative estimate of drug-likeness (QED) is 0.105. The first-order valence-corrected chi connectivity index (χ1v) is 19.6. The molecule has 0 saturated carbocycles. The van der Waals surface area contributed by atoms with Gasteiger partial charge in [-0.2, -0.15) is 25.3 Å². The second-order valence-corrected chi connectivity index (χ2v) is 16.0. The molecule has 0 spiro atoms. The molecule has 0 unspecified atom stereocenters. The minimum Gasteiger partial charge on any atom is -0.501 e. The van der Waals surface area contributed by atoms with E-state index in [1.54, 1.807) is 30.3 Å². The van der Waals surface area contributed by atoms with Crippen LogP contribution in [0, 0.1) is 10.8 Å². The van der Waals surface area contributed by atoms with Crippen molar-refractivity contribution >= 4 is 74.0 Å². The molecule has 0 amide bonds. The maximum atomic E-state index is 13.8. The lowest BCUT2D eigenvalue weighted by molar-refractivity contribution is 0.467. The fraction of sp³-hybridized carbons (Fsp3) is 0. The molecule has 0 fully saturated rings. The van der Waals surface area contributed by atoms with Gasteiger partial charge in [0.1, 0.15) is 31.9 Å². The Morgan fingerprint density at radius 1 is 0.426 bits per heavy atom. The van der Waals surface area contributed by atoms with E-state index in [1.807, 2.05) is 0 Å². The highest BCUT2D eigenvalue weighted by Gasteiger charge is 2.28. The molecule has 2 N–H and O–H groups in total. The van der Waals surface area contributed by atoms with Gasteiger partial charge in [-0.05, 0) is 35.7 Å². The SMILES string of the molecule is N#[N+]c1ccc2c(S(=O)(=O)Oc3cc(OS(=O)(=O)c4cccc5ccccc45)cc(OS(=O)(=O)c4cccc5c(O)c([N+]#N)ccc45)c3)cccc2c1O. The Labute approximate surface area is 306 Å². The lowest BCUT2D eigenvalue weighted by Gasteiger charge is -2.15. The summed E-state index contributed by atoms with van der Waals surface area (Å²) >= 11 is 0. The summed E-state index contributed by atoms with van der Waals surface area (Å²) in [5.74, 6) is -2.93. The van der Waals surface area contributed by atoms with Crippen LogP contribution in [0.2, 0.25) is 0 Å². The van der Waals surface area contributed by atoms with E-state index in [0.29, 0.717) is 10.8 Å². The Morgan fingerprint density at radius 3 is 1.20 bits per heavy atom. The zero-order valence-electron chi connectivity index (χ0n) is 27.1. The van der Waals surface area contributed by atoms with Gasteiger partial charge in [0.25, 0.3) is 0 Å². The average molecular weight is 783 g/mol. The highest BCUT2D eigenvalue weighted by Crippen LogP contribution is 2.41. The van der Waals surface area contributed by atoms with Gasteiger partial charge >= 0.3 is 41.7 Å². The summed E-state index contributed by atoms with van der Waals surface area (Å²) in [6.45, 7) is 0. The van der Waals surface area contributed by atoms with Crippen LogP contribution in [-0.4, -0.2) is 35.5 Å². The molecule has 0 aliphatic carbocycles. The Kier molecular flexibility index (Phi) is 8.66. The predicted octanol–water partition coefficient (Wildman–Crippen LogP) is 7.83. The Balaban J connectivity index is 1.34. The largest absolute Gasteiger partial charge is 0.501 e. The Hall–Kier alpha value is -6.99. The van der Waals surface area contributed by atoms with Crippen molar-refractivity contribution in [3.8, 4) is 28.7 Å². The summed E-state index contributed by atoms with van der Waals surface area (Å²) in [6, 6.07) is 26.2. The van der Waals surface area contributed by atoms with Gasteiger partial charge in [0.05, 0.1) is 0 Å². The zero-order valence-corrected chi connectivity index (χ0v) is 29.6. The zero-order chi connectivity index (χ0) is 38.4. The normalized spacial score (nSPS) is 11.9. The fourth-order valence-corrected chi connectivity index (χ4v) is 9.22. The molecule has 0 aromatic heterocycles. The molecule has 0 radical (unpaired) electrons. The molecule has 7 aromatic carbocycles. The van der Waals surface area contributed by atoms with Crippen molar-refractivity contribution in [1.82, 2.24) is 0 Å². The van der Waals surface area contributed by atoms with Gasteiger partial charge in [-0.3, -0.25) is 0 Å². The van der Waals surface area contributed by atoms with Crippen molar-refractivity contribution in [2.45, 2.75) is 14.7 Å². The highest BCUT2D eigenvalue weighted by molar-refractivity contribution is 7.88. The molecule has 18 heteroatoms. The number of phenols is 2. The third-order valence-electron chi connectivity index (χ3n) is 8.19. The monoisotopic (exact) mass is 782 g/mol. The second-order valence-electron chi connectivity index (χ2n) is 11.5. The summed E-state index contributed by atoms with van der Waals surface area (Å²) in [7, 11) is -14.4. The number of nitrogens with zero attached hydrogens (tertiary/aromatic N) is 4. The number of fused-ring (bicyclic) bond motifs is 3. The molecular weight excluding hydrogens is 761 g/mol. The molecule has 15 nitrogen and oxygen atoms in total. The van der Waals surface area contributed by atoms with E-state index in [4.69, 9.17) is 12.5 Å². The number of diazo groups is 2. The third-order valence-corrected chi connectivity index (χ3v) is 12.1. The smallest absolute Gasteiger partial charge is 0.426 e. The van der Waals surface area contributed by atoms with Gasteiger partial charge < -0.3 is 22.8 Å². The maximum absolute atomic E-state index is 13.8. The van der Waals surface area contributed by atoms with Crippen molar-refractivity contribution in [1.29, 1.82) is 10.8 Å². The van der Waals surface area contributed by atoms with Crippen molar-refractivity contribution < 1.29 is 48.0 Å². The molecule has 0 saturated heterocycles. The van der Waals surface area contributed by atoms with Crippen LogP contribution in [0.4, 0.5) is 11.4 Å². The number of rotatable bonds is 9. The second kappa shape index (κ2) is 13.2. The van der Waals surface area contributed by atoms with Crippen molar-refractivity contribution in [3.05, 3.63) is 131 Å². The van der Waals surface area contributed by atoms with Crippen LogP contribution in [0.5, 0.6) is 28.7 Å². The van der Waals surface area contributed by atoms with E-state index in [-0.39, 0.29) is 37.8 Å². The molecule has 7 aromatic rings. The summed E-state index contributed by atoms with van der Waals surface area (Å²) in [6.07, 6.45) is 0. The lowest BCUT2D eigenvalue weighted by Crippen LogP contribution is -2.14. The average Bonchev–Trinajstić information content (AvgIpc) is 3.14. The van der Waals surface area contributed by atoms with Gasteiger partial charge in [-0.15, -0.1) is 0 Å². The van der Waals surface area contributed by atoms with Crippen molar-refractivity contribution in [2.75, 3.05) is 0 Å². The van der Waals surface area contributed by atoms with Crippen LogP contribution in [0.3, 0.4) is 0 Å². The molecule has 0 heterocycles. The van der Waals surface area contributed by atoms with Crippen LogP contribution >= 0.6 is 0 Å². The van der Waals surface area contributed by atoms with Crippen molar-refractivity contribution in [3.63, 3.8) is 0 Å². The van der Waals surface area contributed by atoms with Crippen LogP contribution in [0.1, 0.15) is 0 Å². The van der Waals surface area contributed by atoms with Gasteiger partial charge in [-0.1, -0.05) is 60.7 Å². The Morgan fingerprint density at radius 2 is 0.778 bits per heavy atom. The standard InChI is InChI=1S/C36H20N4O11S3/c37-39-30-16-14-26-28(35(30)41)9-4-12-33(26)53(45,46)50-23-18-22(49-52(43,44)32-11-3-7-21-6-1-2-8-25(21)32)19-24(20-23)51-54(47,48)34-13-5-10-29-27(34)15-17-31(40-38)36(29)42/h1-20H/p+2. The number of phenolic OH excluding ortho intramolecular Hbond substituents is 2. The molecule has 268 valence electrons. The van der Waals surface area contributed by atoms with E-state index in [2.05, 4.69) is 9.95 Å². The molecule has 0 aliphatic heterocycles. The molecular formula is C36H22N4O11S3+2. The summed E-state index contributed by atoms with van der Waals surface area (Å²) in [4.78, 5) is 4.75. The first-order chi connectivity index (χ1) is 25.7. The van der Waals surface area contributed by atoms with Gasteiger partial charge in [0, 0.05) is 57.3 Å². The highest BCUT2D eigenvalue weighted by atomic mass is 32.2. The van der Waals surface area contributed by atoms with E-state index in [0.717, 1.165) is 42.5 Å². The summed E-state index contributed by atoms with van der Waals surface area (Å²) in [5.41, 5.74) is -0.466. The number of hydrogen-bond donors (Lipinski definition) is 2. The number of hydrogen-bond acceptors (Lipinski definition) is 13. The fourth-order valence-electron chi connectivity index (χ4n) is 5.82. The topological polar surface area (TPSA) is 227 Å². The van der Waals surface area contributed by atoms with Crippen LogP contribution in [-0.2, 0) is 30.4 Å².